The molecule has 0 spiro atoms. The number of ether oxygens (including phenoxy) is 1. The van der Waals surface area contributed by atoms with Crippen LogP contribution in [0.25, 0.3) is 11.6 Å². The molecule has 0 radical (unpaired) electrons. The first-order chi connectivity index (χ1) is 14.4. The number of halogens is 2. The maximum absolute atomic E-state index is 13.3. The number of benzene rings is 3. The Morgan fingerprint density at radius 2 is 1.57 bits per heavy atom. The normalized spacial score (nSPS) is 14.9. The van der Waals surface area contributed by atoms with E-state index in [1.807, 2.05) is 13.0 Å². The number of imide groups is 1. The van der Waals surface area contributed by atoms with Crippen molar-refractivity contribution in [2.75, 3.05) is 4.90 Å². The van der Waals surface area contributed by atoms with Gasteiger partial charge in [0.15, 0.2) is 0 Å². The summed E-state index contributed by atoms with van der Waals surface area (Å²) >= 11 is 0. The van der Waals surface area contributed by atoms with Crippen LogP contribution in [-0.2, 0) is 4.79 Å². The number of alkyl halides is 2. The van der Waals surface area contributed by atoms with Crippen molar-refractivity contribution in [3.63, 3.8) is 0 Å². The Labute approximate surface area is 172 Å². The second kappa shape index (κ2) is 7.91. The average Bonchev–Trinajstić information content (AvgIpc) is 2.72. The van der Waals surface area contributed by atoms with E-state index in [4.69, 9.17) is 0 Å². The van der Waals surface area contributed by atoms with E-state index in [1.54, 1.807) is 60.7 Å². The Morgan fingerprint density at radius 1 is 0.867 bits per heavy atom. The Kier molecular flexibility index (Phi) is 5.14. The molecule has 150 valence electrons. The number of rotatable bonds is 4. The SMILES string of the molecule is Cc1cccc(N2C(=O)C(=Cc3ccc(OC(F)F)cc3)c3ccccc3C2=O)c1. The zero-order valence-electron chi connectivity index (χ0n) is 16.0. The fourth-order valence-corrected chi connectivity index (χ4v) is 3.41. The number of aryl methyl sites for hydroxylation is 1. The average molecular weight is 405 g/mol. The number of carbonyl (C=O) groups is 2. The molecule has 2 amide bonds. The van der Waals surface area contributed by atoms with Crippen molar-refractivity contribution in [2.24, 2.45) is 0 Å². The Hall–Kier alpha value is -3.80. The molecule has 1 aliphatic rings. The van der Waals surface area contributed by atoms with Gasteiger partial charge in [0.1, 0.15) is 5.75 Å². The van der Waals surface area contributed by atoms with Gasteiger partial charge in [0.25, 0.3) is 11.8 Å². The topological polar surface area (TPSA) is 46.6 Å². The summed E-state index contributed by atoms with van der Waals surface area (Å²) in [5.74, 6) is -0.810. The van der Waals surface area contributed by atoms with Crippen LogP contribution in [0, 0.1) is 6.92 Å². The lowest BCUT2D eigenvalue weighted by atomic mass is 9.91. The Bertz CT molecular complexity index is 1150. The van der Waals surface area contributed by atoms with Gasteiger partial charge in [0.05, 0.1) is 5.69 Å². The number of hydrogen-bond acceptors (Lipinski definition) is 3. The molecule has 4 nitrogen and oxygen atoms in total. The molecule has 0 saturated heterocycles. The minimum atomic E-state index is -2.91. The minimum absolute atomic E-state index is 0.0269. The quantitative estimate of drug-likeness (QED) is 0.436. The van der Waals surface area contributed by atoms with Crippen molar-refractivity contribution in [2.45, 2.75) is 13.5 Å². The van der Waals surface area contributed by atoms with Crippen molar-refractivity contribution in [1.82, 2.24) is 0 Å². The molecule has 30 heavy (non-hydrogen) atoms. The number of nitrogens with zero attached hydrogens (tertiary/aromatic N) is 1. The van der Waals surface area contributed by atoms with Crippen LogP contribution in [0.5, 0.6) is 5.75 Å². The molecule has 0 atom stereocenters. The number of carbonyl (C=O) groups excluding carboxylic acids is 2. The van der Waals surface area contributed by atoms with E-state index in [0.29, 0.717) is 28.0 Å². The van der Waals surface area contributed by atoms with E-state index in [0.717, 1.165) is 10.5 Å². The molecule has 0 fully saturated rings. The molecule has 0 bridgehead atoms. The molecule has 3 aromatic rings. The summed E-state index contributed by atoms with van der Waals surface area (Å²) in [6, 6.07) is 20.0. The van der Waals surface area contributed by atoms with Gasteiger partial charge in [0, 0.05) is 11.1 Å². The van der Waals surface area contributed by atoms with Gasteiger partial charge in [-0.05, 0) is 60.0 Å². The van der Waals surface area contributed by atoms with Gasteiger partial charge in [-0.3, -0.25) is 9.59 Å². The number of amides is 2. The van der Waals surface area contributed by atoms with E-state index in [9.17, 15) is 18.4 Å². The highest BCUT2D eigenvalue weighted by Crippen LogP contribution is 2.33. The molecular formula is C24H17F2NO3. The van der Waals surface area contributed by atoms with Crippen molar-refractivity contribution in [3.8, 4) is 5.75 Å². The molecule has 0 N–H and O–H groups in total. The summed E-state index contributed by atoms with van der Waals surface area (Å²) in [5.41, 5.74) is 3.33. The highest BCUT2D eigenvalue weighted by atomic mass is 19.3. The van der Waals surface area contributed by atoms with Crippen LogP contribution in [0.1, 0.15) is 27.0 Å². The van der Waals surface area contributed by atoms with Gasteiger partial charge in [-0.15, -0.1) is 0 Å². The molecule has 1 heterocycles. The van der Waals surface area contributed by atoms with Crippen molar-refractivity contribution < 1.29 is 23.1 Å². The van der Waals surface area contributed by atoms with Gasteiger partial charge >= 0.3 is 6.61 Å². The second-order valence-corrected chi connectivity index (χ2v) is 6.84. The smallest absolute Gasteiger partial charge is 0.387 e. The summed E-state index contributed by atoms with van der Waals surface area (Å²) in [7, 11) is 0. The first kappa shape index (κ1) is 19.5. The zero-order valence-corrected chi connectivity index (χ0v) is 16.0. The monoisotopic (exact) mass is 405 g/mol. The third-order valence-electron chi connectivity index (χ3n) is 4.76. The van der Waals surface area contributed by atoms with E-state index < -0.39 is 12.5 Å². The van der Waals surface area contributed by atoms with Crippen molar-refractivity contribution >= 4 is 29.2 Å². The van der Waals surface area contributed by atoms with Gasteiger partial charge in [0.2, 0.25) is 0 Å². The lowest BCUT2D eigenvalue weighted by molar-refractivity contribution is -0.112. The first-order valence-electron chi connectivity index (χ1n) is 9.25. The summed E-state index contributed by atoms with van der Waals surface area (Å²) < 4.78 is 29.1. The molecule has 3 aromatic carbocycles. The minimum Gasteiger partial charge on any atom is -0.435 e. The van der Waals surface area contributed by atoms with Crippen LogP contribution in [0.15, 0.2) is 72.8 Å². The van der Waals surface area contributed by atoms with E-state index >= 15 is 0 Å². The number of hydrogen-bond donors (Lipinski definition) is 0. The Morgan fingerprint density at radius 3 is 2.23 bits per heavy atom. The van der Waals surface area contributed by atoms with Crippen LogP contribution < -0.4 is 9.64 Å². The van der Waals surface area contributed by atoms with Crippen molar-refractivity contribution in [3.05, 3.63) is 95.1 Å². The van der Waals surface area contributed by atoms with E-state index in [1.165, 1.54) is 12.1 Å². The van der Waals surface area contributed by atoms with Gasteiger partial charge in [-0.25, -0.2) is 4.90 Å². The maximum Gasteiger partial charge on any atom is 0.387 e. The molecule has 0 aliphatic carbocycles. The molecule has 0 saturated carbocycles. The van der Waals surface area contributed by atoms with Crippen LogP contribution in [-0.4, -0.2) is 18.4 Å². The molecule has 0 unspecified atom stereocenters. The fourth-order valence-electron chi connectivity index (χ4n) is 3.41. The molecular weight excluding hydrogens is 388 g/mol. The highest BCUT2D eigenvalue weighted by Gasteiger charge is 2.35. The van der Waals surface area contributed by atoms with Gasteiger partial charge in [-0.1, -0.05) is 42.5 Å². The summed E-state index contributed by atoms with van der Waals surface area (Å²) in [6.45, 7) is -1.02. The summed E-state index contributed by atoms with van der Waals surface area (Å²) in [4.78, 5) is 27.6. The summed E-state index contributed by atoms with van der Waals surface area (Å²) in [6.07, 6.45) is 1.64. The first-order valence-corrected chi connectivity index (χ1v) is 9.25. The maximum atomic E-state index is 13.3. The summed E-state index contributed by atoms with van der Waals surface area (Å²) in [5, 5.41) is 0. The fraction of sp³-hybridized carbons (Fsp3) is 0.0833. The molecule has 6 heteroatoms. The largest absolute Gasteiger partial charge is 0.435 e. The van der Waals surface area contributed by atoms with Crippen LogP contribution in [0.3, 0.4) is 0 Å². The van der Waals surface area contributed by atoms with E-state index in [-0.39, 0.29) is 11.7 Å². The van der Waals surface area contributed by atoms with E-state index in [2.05, 4.69) is 4.74 Å². The molecule has 0 aromatic heterocycles. The Balaban J connectivity index is 1.80. The van der Waals surface area contributed by atoms with Crippen LogP contribution >= 0.6 is 0 Å². The van der Waals surface area contributed by atoms with Crippen LogP contribution in [0.4, 0.5) is 14.5 Å². The number of fused-ring (bicyclic) bond motifs is 1. The number of anilines is 1. The lowest BCUT2D eigenvalue weighted by Crippen LogP contribution is -2.41. The van der Waals surface area contributed by atoms with Crippen LogP contribution in [0.2, 0.25) is 0 Å². The van der Waals surface area contributed by atoms with Crippen molar-refractivity contribution in [1.29, 1.82) is 0 Å². The lowest BCUT2D eigenvalue weighted by Gasteiger charge is -2.29. The third kappa shape index (κ3) is 3.72. The van der Waals surface area contributed by atoms with Gasteiger partial charge in [-0.2, -0.15) is 8.78 Å². The third-order valence-corrected chi connectivity index (χ3v) is 4.76. The molecule has 4 rings (SSSR count). The zero-order chi connectivity index (χ0) is 21.3. The standard InChI is InChI=1S/C24H17F2NO3/c1-15-5-4-6-17(13-15)27-22(28)20-8-3-2-7-19(20)21(23(27)29)14-16-9-11-18(12-10-16)30-24(25)26/h2-14,24H,1H3. The van der Waals surface area contributed by atoms with Gasteiger partial charge < -0.3 is 4.74 Å². The molecule has 1 aliphatic heterocycles. The predicted octanol–water partition coefficient (Wildman–Crippen LogP) is 5.32. The highest BCUT2D eigenvalue weighted by molar-refractivity contribution is 6.43. The predicted molar refractivity (Wildman–Crippen MR) is 110 cm³/mol. The second-order valence-electron chi connectivity index (χ2n) is 6.84.